The standard InChI is InChI=1S/C19H23NS/c1-19(2)12-11-14-7-4-5-10-17(14)18(19)20-15-8-6-9-16(13-15)21-3/h4-10,13,18,20H,11-12H2,1-3H3. The van der Waals surface area contributed by atoms with E-state index >= 15 is 0 Å². The maximum atomic E-state index is 3.79. The molecule has 1 aliphatic rings. The Morgan fingerprint density at radius 1 is 1.10 bits per heavy atom. The second kappa shape index (κ2) is 5.76. The van der Waals surface area contributed by atoms with Crippen LogP contribution in [0.3, 0.4) is 0 Å². The van der Waals surface area contributed by atoms with Gasteiger partial charge in [-0.2, -0.15) is 0 Å². The van der Waals surface area contributed by atoms with Gasteiger partial charge in [0.1, 0.15) is 0 Å². The summed E-state index contributed by atoms with van der Waals surface area (Å²) in [5.41, 5.74) is 4.44. The van der Waals surface area contributed by atoms with Gasteiger partial charge in [0.05, 0.1) is 6.04 Å². The zero-order valence-corrected chi connectivity index (χ0v) is 13.8. The number of nitrogens with one attached hydrogen (secondary N) is 1. The monoisotopic (exact) mass is 297 g/mol. The number of fused-ring (bicyclic) bond motifs is 1. The fourth-order valence-corrected chi connectivity index (χ4v) is 3.68. The minimum absolute atomic E-state index is 0.268. The van der Waals surface area contributed by atoms with E-state index in [9.17, 15) is 0 Å². The number of hydrogen-bond donors (Lipinski definition) is 1. The molecule has 1 nitrogen and oxygen atoms in total. The van der Waals surface area contributed by atoms with Gasteiger partial charge in [0.2, 0.25) is 0 Å². The van der Waals surface area contributed by atoms with E-state index in [1.807, 2.05) is 0 Å². The molecule has 0 fully saturated rings. The van der Waals surface area contributed by atoms with Crippen LogP contribution in [0.5, 0.6) is 0 Å². The Morgan fingerprint density at radius 2 is 1.90 bits per heavy atom. The molecule has 0 amide bonds. The third kappa shape index (κ3) is 2.96. The van der Waals surface area contributed by atoms with E-state index in [1.54, 1.807) is 11.8 Å². The summed E-state index contributed by atoms with van der Waals surface area (Å²) in [6.45, 7) is 4.75. The van der Waals surface area contributed by atoms with E-state index in [4.69, 9.17) is 0 Å². The van der Waals surface area contributed by atoms with Crippen LogP contribution in [0.2, 0.25) is 0 Å². The largest absolute Gasteiger partial charge is 0.378 e. The van der Waals surface area contributed by atoms with Gasteiger partial charge in [-0.05, 0) is 53.8 Å². The lowest BCUT2D eigenvalue weighted by Gasteiger charge is -2.41. The highest BCUT2D eigenvalue weighted by Gasteiger charge is 2.35. The summed E-state index contributed by atoms with van der Waals surface area (Å²) in [5, 5.41) is 3.79. The predicted octanol–water partition coefficient (Wildman–Crippen LogP) is 5.53. The first kappa shape index (κ1) is 14.5. The fraction of sp³-hybridized carbons (Fsp3) is 0.368. The molecule has 21 heavy (non-hydrogen) atoms. The fourth-order valence-electron chi connectivity index (χ4n) is 3.22. The van der Waals surface area contributed by atoms with Gasteiger partial charge in [-0.15, -0.1) is 11.8 Å². The molecule has 1 unspecified atom stereocenters. The number of hydrogen-bond acceptors (Lipinski definition) is 2. The maximum absolute atomic E-state index is 3.79. The highest BCUT2D eigenvalue weighted by molar-refractivity contribution is 7.98. The van der Waals surface area contributed by atoms with E-state index in [0.717, 1.165) is 0 Å². The van der Waals surface area contributed by atoms with Crippen molar-refractivity contribution in [1.29, 1.82) is 0 Å². The summed E-state index contributed by atoms with van der Waals surface area (Å²) in [7, 11) is 0. The van der Waals surface area contributed by atoms with Gasteiger partial charge < -0.3 is 5.32 Å². The summed E-state index contributed by atoms with van der Waals surface area (Å²) in [5.74, 6) is 0. The molecule has 1 N–H and O–H groups in total. The molecule has 2 aromatic carbocycles. The van der Waals surface area contributed by atoms with Crippen LogP contribution in [0.25, 0.3) is 0 Å². The number of rotatable bonds is 3. The molecule has 0 radical (unpaired) electrons. The van der Waals surface area contributed by atoms with Crippen molar-refractivity contribution in [3.63, 3.8) is 0 Å². The van der Waals surface area contributed by atoms with Crippen LogP contribution in [0.1, 0.15) is 37.4 Å². The predicted molar refractivity (Wildman–Crippen MR) is 93.1 cm³/mol. The number of benzene rings is 2. The minimum Gasteiger partial charge on any atom is -0.378 e. The van der Waals surface area contributed by atoms with E-state index in [1.165, 1.54) is 34.6 Å². The Balaban J connectivity index is 1.95. The summed E-state index contributed by atoms with van der Waals surface area (Å²) >= 11 is 1.79. The Hall–Kier alpha value is -1.41. The van der Waals surface area contributed by atoms with Crippen molar-refractivity contribution in [1.82, 2.24) is 0 Å². The van der Waals surface area contributed by atoms with Gasteiger partial charge in [-0.25, -0.2) is 0 Å². The lowest BCUT2D eigenvalue weighted by molar-refractivity contribution is 0.265. The Kier molecular flexibility index (Phi) is 3.99. The molecule has 0 saturated carbocycles. The molecule has 0 aliphatic heterocycles. The van der Waals surface area contributed by atoms with Gasteiger partial charge in [0.25, 0.3) is 0 Å². The quantitative estimate of drug-likeness (QED) is 0.747. The summed E-state index contributed by atoms with van der Waals surface area (Å²) < 4.78 is 0. The highest BCUT2D eigenvalue weighted by Crippen LogP contribution is 2.45. The van der Waals surface area contributed by atoms with E-state index in [2.05, 4.69) is 74.0 Å². The summed E-state index contributed by atoms with van der Waals surface area (Å²) in [4.78, 5) is 1.31. The molecular weight excluding hydrogens is 274 g/mol. The third-order valence-corrected chi connectivity index (χ3v) is 5.29. The topological polar surface area (TPSA) is 12.0 Å². The van der Waals surface area contributed by atoms with Crippen LogP contribution < -0.4 is 5.32 Å². The van der Waals surface area contributed by atoms with Gasteiger partial charge >= 0.3 is 0 Å². The average Bonchev–Trinajstić information content (AvgIpc) is 2.50. The second-order valence-electron chi connectivity index (χ2n) is 6.50. The zero-order chi connectivity index (χ0) is 14.9. The van der Waals surface area contributed by atoms with Crippen LogP contribution in [0.15, 0.2) is 53.4 Å². The first-order valence-electron chi connectivity index (χ1n) is 7.58. The van der Waals surface area contributed by atoms with Crippen molar-refractivity contribution in [3.8, 4) is 0 Å². The molecule has 0 spiro atoms. The van der Waals surface area contributed by atoms with E-state index in [0.29, 0.717) is 6.04 Å². The average molecular weight is 297 g/mol. The van der Waals surface area contributed by atoms with Crippen molar-refractivity contribution in [2.75, 3.05) is 11.6 Å². The number of anilines is 1. The molecule has 1 aliphatic carbocycles. The third-order valence-electron chi connectivity index (χ3n) is 4.57. The lowest BCUT2D eigenvalue weighted by Crippen LogP contribution is -2.33. The van der Waals surface area contributed by atoms with Crippen molar-refractivity contribution < 1.29 is 0 Å². The second-order valence-corrected chi connectivity index (χ2v) is 7.38. The van der Waals surface area contributed by atoms with Gasteiger partial charge in [-0.3, -0.25) is 0 Å². The molecule has 0 saturated heterocycles. The Morgan fingerprint density at radius 3 is 2.71 bits per heavy atom. The Bertz CT molecular complexity index is 633. The number of aryl methyl sites for hydroxylation is 1. The van der Waals surface area contributed by atoms with E-state index < -0.39 is 0 Å². The molecule has 2 aromatic rings. The lowest BCUT2D eigenvalue weighted by atomic mass is 9.70. The smallest absolute Gasteiger partial charge is 0.0567 e. The van der Waals surface area contributed by atoms with Crippen LogP contribution in [-0.4, -0.2) is 6.26 Å². The maximum Gasteiger partial charge on any atom is 0.0567 e. The van der Waals surface area contributed by atoms with Crippen LogP contribution in [0, 0.1) is 5.41 Å². The molecule has 0 heterocycles. The first-order chi connectivity index (χ1) is 10.1. The molecule has 110 valence electrons. The zero-order valence-electron chi connectivity index (χ0n) is 13.0. The van der Waals surface area contributed by atoms with Crippen molar-refractivity contribution in [2.45, 2.75) is 37.6 Å². The minimum atomic E-state index is 0.268. The van der Waals surface area contributed by atoms with Crippen LogP contribution in [-0.2, 0) is 6.42 Å². The van der Waals surface area contributed by atoms with Crippen molar-refractivity contribution in [2.24, 2.45) is 5.41 Å². The van der Waals surface area contributed by atoms with Crippen LogP contribution in [0.4, 0.5) is 5.69 Å². The molecule has 3 rings (SSSR count). The molecule has 1 atom stereocenters. The van der Waals surface area contributed by atoms with Gasteiger partial charge in [-0.1, -0.05) is 44.2 Å². The van der Waals surface area contributed by atoms with Crippen molar-refractivity contribution in [3.05, 3.63) is 59.7 Å². The molecule has 0 bridgehead atoms. The molecule has 0 aromatic heterocycles. The van der Waals surface area contributed by atoms with Crippen LogP contribution >= 0.6 is 11.8 Å². The SMILES string of the molecule is CSc1cccc(NC2c3ccccc3CCC2(C)C)c1. The number of thioether (sulfide) groups is 1. The molecule has 2 heteroatoms. The van der Waals surface area contributed by atoms with Gasteiger partial charge in [0.15, 0.2) is 0 Å². The van der Waals surface area contributed by atoms with Gasteiger partial charge in [0, 0.05) is 10.6 Å². The normalized spacial score (nSPS) is 19.9. The molecular formula is C19H23NS. The highest BCUT2D eigenvalue weighted by atomic mass is 32.2. The van der Waals surface area contributed by atoms with Crippen molar-refractivity contribution >= 4 is 17.4 Å². The Labute approximate surface area is 132 Å². The summed E-state index contributed by atoms with van der Waals surface area (Å²) in [6.07, 6.45) is 4.54. The summed E-state index contributed by atoms with van der Waals surface area (Å²) in [6, 6.07) is 18.0. The first-order valence-corrected chi connectivity index (χ1v) is 8.81. The van der Waals surface area contributed by atoms with E-state index in [-0.39, 0.29) is 5.41 Å².